The number of rotatable bonds is 3. The molecular formula is C14H14ClN3O. The van der Waals surface area contributed by atoms with Gasteiger partial charge in [-0.2, -0.15) is 0 Å². The van der Waals surface area contributed by atoms with Gasteiger partial charge in [0.1, 0.15) is 5.15 Å². The third-order valence-electron chi connectivity index (χ3n) is 2.81. The van der Waals surface area contributed by atoms with E-state index < -0.39 is 0 Å². The fourth-order valence-electron chi connectivity index (χ4n) is 1.69. The lowest BCUT2D eigenvalue weighted by Crippen LogP contribution is -2.15. The van der Waals surface area contributed by atoms with E-state index in [0.29, 0.717) is 12.2 Å². The van der Waals surface area contributed by atoms with E-state index in [1.165, 1.54) is 23.5 Å². The lowest BCUT2D eigenvalue weighted by Gasteiger charge is -2.06. The summed E-state index contributed by atoms with van der Waals surface area (Å²) in [6.07, 6.45) is 3.18. The Labute approximate surface area is 116 Å². The van der Waals surface area contributed by atoms with Gasteiger partial charge in [0.05, 0.1) is 18.8 Å². The zero-order valence-electron chi connectivity index (χ0n) is 10.8. The molecule has 0 aliphatic carbocycles. The van der Waals surface area contributed by atoms with E-state index >= 15 is 0 Å². The van der Waals surface area contributed by atoms with Crippen LogP contribution < -0.4 is 5.32 Å². The summed E-state index contributed by atoms with van der Waals surface area (Å²) in [6.45, 7) is 4.07. The lowest BCUT2D eigenvalue weighted by molar-refractivity contribution is -0.115. The van der Waals surface area contributed by atoms with Crippen LogP contribution in [0.2, 0.25) is 5.15 Å². The number of halogens is 1. The van der Waals surface area contributed by atoms with Gasteiger partial charge in [0.25, 0.3) is 0 Å². The first kappa shape index (κ1) is 13.5. The molecule has 5 heteroatoms. The monoisotopic (exact) mass is 275 g/mol. The zero-order valence-corrected chi connectivity index (χ0v) is 11.5. The number of carbonyl (C=O) groups excluding carboxylic acids is 1. The van der Waals surface area contributed by atoms with Gasteiger partial charge in [0.15, 0.2) is 5.82 Å². The van der Waals surface area contributed by atoms with Crippen molar-refractivity contribution >= 4 is 23.3 Å². The zero-order chi connectivity index (χ0) is 13.8. The van der Waals surface area contributed by atoms with Crippen molar-refractivity contribution in [2.75, 3.05) is 5.32 Å². The van der Waals surface area contributed by atoms with E-state index in [2.05, 4.69) is 15.3 Å². The predicted molar refractivity (Wildman–Crippen MR) is 75.3 cm³/mol. The molecule has 0 saturated carbocycles. The Kier molecular flexibility index (Phi) is 4.12. The van der Waals surface area contributed by atoms with Gasteiger partial charge in [0.2, 0.25) is 5.91 Å². The Morgan fingerprint density at radius 3 is 2.74 bits per heavy atom. The number of amides is 1. The number of nitrogens with one attached hydrogen (secondary N) is 1. The van der Waals surface area contributed by atoms with Crippen molar-refractivity contribution in [1.29, 1.82) is 0 Å². The van der Waals surface area contributed by atoms with Crippen LogP contribution in [-0.2, 0) is 11.2 Å². The first-order chi connectivity index (χ1) is 9.04. The van der Waals surface area contributed by atoms with E-state index in [4.69, 9.17) is 11.6 Å². The van der Waals surface area contributed by atoms with Crippen LogP contribution in [0.4, 0.5) is 5.82 Å². The highest BCUT2D eigenvalue weighted by molar-refractivity contribution is 6.29. The lowest BCUT2D eigenvalue weighted by atomic mass is 10.0. The van der Waals surface area contributed by atoms with E-state index in [1.807, 2.05) is 32.0 Å². The second kappa shape index (κ2) is 5.80. The number of hydrogen-bond acceptors (Lipinski definition) is 3. The summed E-state index contributed by atoms with van der Waals surface area (Å²) < 4.78 is 0. The molecule has 0 fully saturated rings. The van der Waals surface area contributed by atoms with Gasteiger partial charge in [-0.3, -0.25) is 9.78 Å². The highest BCUT2D eigenvalue weighted by Gasteiger charge is 2.06. The number of nitrogens with zero attached hydrogens (tertiary/aromatic N) is 2. The van der Waals surface area contributed by atoms with Crippen LogP contribution in [0, 0.1) is 13.8 Å². The molecule has 1 aromatic carbocycles. The van der Waals surface area contributed by atoms with Crippen molar-refractivity contribution in [1.82, 2.24) is 9.97 Å². The molecule has 0 aliphatic rings. The number of aryl methyl sites for hydroxylation is 2. The summed E-state index contributed by atoms with van der Waals surface area (Å²) in [6, 6.07) is 5.97. The van der Waals surface area contributed by atoms with Gasteiger partial charge in [-0.25, -0.2) is 4.98 Å². The molecule has 2 rings (SSSR count). The molecule has 0 unspecified atom stereocenters. The van der Waals surface area contributed by atoms with Crippen LogP contribution in [-0.4, -0.2) is 15.9 Å². The van der Waals surface area contributed by atoms with Crippen LogP contribution in [0.15, 0.2) is 30.6 Å². The average molecular weight is 276 g/mol. The first-order valence-corrected chi connectivity index (χ1v) is 6.26. The van der Waals surface area contributed by atoms with Gasteiger partial charge < -0.3 is 5.32 Å². The Bertz CT molecular complexity index is 613. The minimum absolute atomic E-state index is 0.139. The van der Waals surface area contributed by atoms with E-state index in [1.54, 1.807) is 0 Å². The van der Waals surface area contributed by atoms with Gasteiger partial charge in [-0.15, -0.1) is 0 Å². The molecule has 1 amide bonds. The van der Waals surface area contributed by atoms with Gasteiger partial charge >= 0.3 is 0 Å². The molecule has 0 saturated heterocycles. The van der Waals surface area contributed by atoms with E-state index in [9.17, 15) is 4.79 Å². The summed E-state index contributed by atoms with van der Waals surface area (Å²) in [5, 5.41) is 2.92. The number of benzene rings is 1. The molecule has 0 bridgehead atoms. The quantitative estimate of drug-likeness (QED) is 0.937. The Morgan fingerprint density at radius 2 is 2.05 bits per heavy atom. The summed E-state index contributed by atoms with van der Waals surface area (Å²) in [7, 11) is 0. The van der Waals surface area contributed by atoms with Crippen LogP contribution in [0.1, 0.15) is 16.7 Å². The molecule has 0 atom stereocenters. The molecule has 0 spiro atoms. The molecule has 1 N–H and O–H groups in total. The fraction of sp³-hybridized carbons (Fsp3) is 0.214. The Morgan fingerprint density at radius 1 is 1.26 bits per heavy atom. The summed E-state index contributed by atoms with van der Waals surface area (Å²) >= 11 is 5.70. The molecule has 2 aromatic rings. The summed E-state index contributed by atoms with van der Waals surface area (Å²) in [4.78, 5) is 19.7. The maximum atomic E-state index is 11.9. The van der Waals surface area contributed by atoms with Crippen LogP contribution in [0.5, 0.6) is 0 Å². The minimum atomic E-state index is -0.139. The maximum Gasteiger partial charge on any atom is 0.229 e. The van der Waals surface area contributed by atoms with Crippen molar-refractivity contribution in [3.05, 3.63) is 52.4 Å². The molecule has 98 valence electrons. The number of anilines is 1. The molecule has 19 heavy (non-hydrogen) atoms. The third kappa shape index (κ3) is 3.76. The first-order valence-electron chi connectivity index (χ1n) is 5.88. The number of carbonyl (C=O) groups is 1. The molecule has 1 heterocycles. The number of hydrogen-bond donors (Lipinski definition) is 1. The van der Waals surface area contributed by atoms with E-state index in [0.717, 1.165) is 5.56 Å². The molecular weight excluding hydrogens is 262 g/mol. The smallest absolute Gasteiger partial charge is 0.229 e. The van der Waals surface area contributed by atoms with Crippen LogP contribution in [0.25, 0.3) is 0 Å². The largest absolute Gasteiger partial charge is 0.309 e. The topological polar surface area (TPSA) is 54.9 Å². The van der Waals surface area contributed by atoms with Crippen LogP contribution >= 0.6 is 11.6 Å². The summed E-state index contributed by atoms with van der Waals surface area (Å²) in [5.74, 6) is 0.223. The molecule has 0 radical (unpaired) electrons. The Hall–Kier alpha value is -1.94. The highest BCUT2D eigenvalue weighted by atomic mass is 35.5. The van der Waals surface area contributed by atoms with Crippen LogP contribution in [0.3, 0.4) is 0 Å². The van der Waals surface area contributed by atoms with E-state index in [-0.39, 0.29) is 11.1 Å². The molecule has 0 aliphatic heterocycles. The van der Waals surface area contributed by atoms with Crippen molar-refractivity contribution in [3.63, 3.8) is 0 Å². The normalized spacial score (nSPS) is 10.3. The van der Waals surface area contributed by atoms with Gasteiger partial charge in [-0.1, -0.05) is 29.8 Å². The second-order valence-electron chi connectivity index (χ2n) is 4.37. The maximum absolute atomic E-state index is 11.9. The van der Waals surface area contributed by atoms with Crippen molar-refractivity contribution in [2.45, 2.75) is 20.3 Å². The van der Waals surface area contributed by atoms with Gasteiger partial charge in [0, 0.05) is 0 Å². The minimum Gasteiger partial charge on any atom is -0.309 e. The second-order valence-corrected chi connectivity index (χ2v) is 4.76. The van der Waals surface area contributed by atoms with Crippen molar-refractivity contribution in [3.8, 4) is 0 Å². The fourth-order valence-corrected chi connectivity index (χ4v) is 1.84. The molecule has 4 nitrogen and oxygen atoms in total. The Balaban J connectivity index is 2.03. The summed E-state index contributed by atoms with van der Waals surface area (Å²) in [5.41, 5.74) is 3.35. The highest BCUT2D eigenvalue weighted by Crippen LogP contribution is 2.12. The SMILES string of the molecule is Cc1ccc(CC(=O)Nc2cncc(Cl)n2)cc1C. The van der Waals surface area contributed by atoms with Crippen molar-refractivity contribution < 1.29 is 4.79 Å². The predicted octanol–water partition coefficient (Wildman–Crippen LogP) is 2.93. The number of aromatic nitrogens is 2. The van der Waals surface area contributed by atoms with Gasteiger partial charge in [-0.05, 0) is 30.5 Å². The standard InChI is InChI=1S/C14H14ClN3O/c1-9-3-4-11(5-10(9)2)6-14(19)18-13-8-16-7-12(15)17-13/h3-5,7-8H,6H2,1-2H3,(H,17,18,19). The molecule has 1 aromatic heterocycles. The van der Waals surface area contributed by atoms with Crippen molar-refractivity contribution in [2.24, 2.45) is 0 Å². The third-order valence-corrected chi connectivity index (χ3v) is 2.99. The average Bonchev–Trinajstić information content (AvgIpc) is 2.34.